The molecule has 0 spiro atoms. The minimum absolute atomic E-state index is 0.0451. The summed E-state index contributed by atoms with van der Waals surface area (Å²) in [5.41, 5.74) is 0.836. The summed E-state index contributed by atoms with van der Waals surface area (Å²) in [5.74, 6) is 0. The van der Waals surface area contributed by atoms with Gasteiger partial charge in [0.2, 0.25) is 0 Å². The maximum absolute atomic E-state index is 13.0. The molecule has 0 radical (unpaired) electrons. The largest absolute Gasteiger partial charge is 0.394 e. The van der Waals surface area contributed by atoms with Gasteiger partial charge in [-0.15, -0.1) is 5.10 Å². The van der Waals surface area contributed by atoms with Gasteiger partial charge in [-0.25, -0.2) is 9.48 Å². The van der Waals surface area contributed by atoms with E-state index in [1.807, 2.05) is 24.3 Å². The Bertz CT molecular complexity index is 1200. The summed E-state index contributed by atoms with van der Waals surface area (Å²) in [4.78, 5) is 25.7. The van der Waals surface area contributed by atoms with Gasteiger partial charge in [0.15, 0.2) is 0 Å². The van der Waals surface area contributed by atoms with Gasteiger partial charge in [0.1, 0.15) is 18.0 Å². The molecule has 1 aliphatic heterocycles. The highest BCUT2D eigenvalue weighted by molar-refractivity contribution is 9.10. The Balaban J connectivity index is 1.59. The average molecular weight is 492 g/mol. The van der Waals surface area contributed by atoms with E-state index in [4.69, 9.17) is 4.74 Å². The number of ether oxygens (including phenoxy) is 1. The molecule has 1 unspecified atom stereocenters. The molecule has 4 rings (SSSR count). The van der Waals surface area contributed by atoms with E-state index in [0.29, 0.717) is 17.8 Å². The first-order chi connectivity index (χ1) is 14.9. The topological polar surface area (TPSA) is 124 Å². The van der Waals surface area contributed by atoms with Gasteiger partial charge >= 0.3 is 5.69 Å². The lowest BCUT2D eigenvalue weighted by atomic mass is 10.2. The quantitative estimate of drug-likeness (QED) is 0.511. The first-order valence-corrected chi connectivity index (χ1v) is 10.6. The van der Waals surface area contributed by atoms with Crippen LogP contribution >= 0.6 is 15.9 Å². The SMILES string of the molecule is Cc1cn([C@H]2CC(O)[C@@H](CO)O2)c(=O)n(Cc2cn(Cc3cccc(Br)c3)nn2)c1=O. The minimum atomic E-state index is -0.888. The van der Waals surface area contributed by atoms with Crippen LogP contribution in [0.4, 0.5) is 0 Å². The molecule has 1 saturated heterocycles. The van der Waals surface area contributed by atoms with Crippen molar-refractivity contribution in [3.8, 4) is 0 Å². The summed E-state index contributed by atoms with van der Waals surface area (Å²) in [5, 5.41) is 27.5. The molecule has 2 N–H and O–H groups in total. The molecule has 2 aromatic heterocycles. The van der Waals surface area contributed by atoms with Crippen molar-refractivity contribution in [3.05, 3.63) is 78.8 Å². The van der Waals surface area contributed by atoms with Crippen molar-refractivity contribution < 1.29 is 14.9 Å². The molecular formula is C20H22BrN5O5. The molecule has 3 atom stereocenters. The number of halogens is 1. The van der Waals surface area contributed by atoms with Gasteiger partial charge in [-0.1, -0.05) is 33.3 Å². The third-order valence-corrected chi connectivity index (χ3v) is 5.69. The highest BCUT2D eigenvalue weighted by Gasteiger charge is 2.35. The maximum Gasteiger partial charge on any atom is 0.333 e. The molecule has 11 heteroatoms. The van der Waals surface area contributed by atoms with Gasteiger partial charge < -0.3 is 14.9 Å². The Labute approximate surface area is 185 Å². The van der Waals surface area contributed by atoms with Crippen molar-refractivity contribution in [2.24, 2.45) is 0 Å². The predicted octanol–water partition coefficient (Wildman–Crippen LogP) is 0.410. The Kier molecular flexibility index (Phi) is 6.19. The minimum Gasteiger partial charge on any atom is -0.394 e. The average Bonchev–Trinajstić information content (AvgIpc) is 3.33. The molecule has 1 aliphatic rings. The Hall–Kier alpha value is -2.60. The van der Waals surface area contributed by atoms with Crippen LogP contribution in [0.1, 0.15) is 29.5 Å². The molecular weight excluding hydrogens is 470 g/mol. The zero-order valence-electron chi connectivity index (χ0n) is 16.8. The molecule has 1 aromatic carbocycles. The fraction of sp³-hybridized carbons (Fsp3) is 0.400. The molecule has 0 amide bonds. The molecule has 0 aliphatic carbocycles. The molecule has 0 bridgehead atoms. The molecule has 31 heavy (non-hydrogen) atoms. The molecule has 1 fully saturated rings. The Morgan fingerprint density at radius 3 is 2.77 bits per heavy atom. The van der Waals surface area contributed by atoms with E-state index in [1.54, 1.807) is 17.8 Å². The fourth-order valence-corrected chi connectivity index (χ4v) is 4.07. The zero-order chi connectivity index (χ0) is 22.1. The fourth-order valence-electron chi connectivity index (χ4n) is 3.63. The number of aliphatic hydroxyl groups is 2. The summed E-state index contributed by atoms with van der Waals surface area (Å²) in [6, 6.07) is 7.79. The van der Waals surface area contributed by atoms with E-state index in [1.165, 1.54) is 10.8 Å². The summed E-state index contributed by atoms with van der Waals surface area (Å²) in [6.07, 6.45) is 0.832. The number of benzene rings is 1. The van der Waals surface area contributed by atoms with Crippen molar-refractivity contribution in [2.45, 2.75) is 44.9 Å². The second kappa shape index (κ2) is 8.87. The standard InChI is InChI=1S/C20H22BrN5O5/c1-12-7-25(18-6-16(28)17(11-27)31-18)20(30)26(19(12)29)10-15-9-24(23-22-15)8-13-3-2-4-14(21)5-13/h2-5,7,9,16-18,27-28H,6,8,10-11H2,1H3/t16?,17-,18-/m1/s1. The summed E-state index contributed by atoms with van der Waals surface area (Å²) in [6.45, 7) is 1.70. The number of nitrogens with zero attached hydrogens (tertiary/aromatic N) is 5. The van der Waals surface area contributed by atoms with Gasteiger partial charge in [-0.05, 0) is 24.6 Å². The van der Waals surface area contributed by atoms with Crippen LogP contribution in [0.15, 0.2) is 50.7 Å². The van der Waals surface area contributed by atoms with E-state index in [-0.39, 0.29) is 19.6 Å². The number of hydrogen-bond acceptors (Lipinski definition) is 7. The van der Waals surface area contributed by atoms with Crippen LogP contribution < -0.4 is 11.2 Å². The maximum atomic E-state index is 13.0. The van der Waals surface area contributed by atoms with Crippen LogP contribution in [0.5, 0.6) is 0 Å². The predicted molar refractivity (Wildman–Crippen MR) is 114 cm³/mol. The molecule has 3 heterocycles. The van der Waals surface area contributed by atoms with Crippen molar-refractivity contribution in [3.63, 3.8) is 0 Å². The second-order valence-corrected chi connectivity index (χ2v) is 8.46. The smallest absolute Gasteiger partial charge is 0.333 e. The number of aryl methyl sites for hydroxylation is 1. The van der Waals surface area contributed by atoms with Crippen LogP contribution in [0.25, 0.3) is 0 Å². The molecule has 10 nitrogen and oxygen atoms in total. The van der Waals surface area contributed by atoms with Crippen molar-refractivity contribution in [2.75, 3.05) is 6.61 Å². The molecule has 3 aromatic rings. The normalized spacial score (nSPS) is 21.0. The lowest BCUT2D eigenvalue weighted by molar-refractivity contribution is -0.0463. The second-order valence-electron chi connectivity index (χ2n) is 7.55. The molecule has 0 saturated carbocycles. The van der Waals surface area contributed by atoms with Crippen molar-refractivity contribution in [1.29, 1.82) is 0 Å². The summed E-state index contributed by atoms with van der Waals surface area (Å²) < 4.78 is 10.5. The summed E-state index contributed by atoms with van der Waals surface area (Å²) >= 11 is 3.43. The number of aliphatic hydroxyl groups excluding tert-OH is 2. The van der Waals surface area contributed by atoms with Crippen LogP contribution in [0.3, 0.4) is 0 Å². The lowest BCUT2D eigenvalue weighted by Gasteiger charge is -2.17. The monoisotopic (exact) mass is 491 g/mol. The van der Waals surface area contributed by atoms with E-state index in [2.05, 4.69) is 26.2 Å². The van der Waals surface area contributed by atoms with Gasteiger partial charge in [-0.3, -0.25) is 13.9 Å². The van der Waals surface area contributed by atoms with E-state index in [0.717, 1.165) is 14.6 Å². The number of rotatable bonds is 6. The van der Waals surface area contributed by atoms with Crippen LogP contribution in [0, 0.1) is 6.92 Å². The first-order valence-electron chi connectivity index (χ1n) is 9.76. The van der Waals surface area contributed by atoms with Gasteiger partial charge in [-0.2, -0.15) is 0 Å². The highest BCUT2D eigenvalue weighted by atomic mass is 79.9. The van der Waals surface area contributed by atoms with Gasteiger partial charge in [0, 0.05) is 22.7 Å². The van der Waals surface area contributed by atoms with Gasteiger partial charge in [0.25, 0.3) is 5.56 Å². The zero-order valence-corrected chi connectivity index (χ0v) is 18.3. The van der Waals surface area contributed by atoms with Crippen LogP contribution in [-0.4, -0.2) is 53.2 Å². The van der Waals surface area contributed by atoms with E-state index >= 15 is 0 Å². The van der Waals surface area contributed by atoms with Crippen LogP contribution in [0.2, 0.25) is 0 Å². The Morgan fingerprint density at radius 1 is 1.26 bits per heavy atom. The Morgan fingerprint density at radius 2 is 2.06 bits per heavy atom. The van der Waals surface area contributed by atoms with Gasteiger partial charge in [0.05, 0.1) is 32.0 Å². The third-order valence-electron chi connectivity index (χ3n) is 5.20. The first kappa shape index (κ1) is 21.6. The van der Waals surface area contributed by atoms with Crippen LogP contribution in [-0.2, 0) is 17.8 Å². The highest BCUT2D eigenvalue weighted by Crippen LogP contribution is 2.27. The lowest BCUT2D eigenvalue weighted by Crippen LogP contribution is -2.42. The number of aromatic nitrogens is 5. The third kappa shape index (κ3) is 4.54. The van der Waals surface area contributed by atoms with E-state index in [9.17, 15) is 19.8 Å². The number of hydrogen-bond donors (Lipinski definition) is 2. The van der Waals surface area contributed by atoms with Crippen molar-refractivity contribution >= 4 is 15.9 Å². The molecule has 164 valence electrons. The van der Waals surface area contributed by atoms with E-state index < -0.39 is 29.7 Å². The van der Waals surface area contributed by atoms with Crippen molar-refractivity contribution in [1.82, 2.24) is 24.1 Å². The summed E-state index contributed by atoms with van der Waals surface area (Å²) in [7, 11) is 0.